The molecular formula is C9H9F2NS. The van der Waals surface area contributed by atoms with Gasteiger partial charge in [-0.25, -0.2) is 0 Å². The summed E-state index contributed by atoms with van der Waals surface area (Å²) in [6, 6.07) is 5.85. The molecule has 0 atom stereocenters. The van der Waals surface area contributed by atoms with Crippen LogP contribution in [0.3, 0.4) is 0 Å². The van der Waals surface area contributed by atoms with E-state index in [2.05, 4.69) is 12.2 Å². The molecule has 4 heteroatoms. The molecule has 1 nitrogen and oxygen atoms in total. The number of aryl methyl sites for hydroxylation is 1. The highest BCUT2D eigenvalue weighted by Crippen LogP contribution is 2.28. The van der Waals surface area contributed by atoms with Crippen LogP contribution in [0.1, 0.15) is 11.1 Å². The molecular weight excluding hydrogens is 192 g/mol. The van der Waals surface area contributed by atoms with Gasteiger partial charge in [-0.05, 0) is 6.92 Å². The maximum Gasteiger partial charge on any atom is 0.322 e. The standard InChI is InChI=1S/C9H9F2NS/c1-6-2-4-7(5-3-6)9(10,11)8(12)13/h2-5H,1H3,(H2,12,13). The molecule has 0 unspecified atom stereocenters. The first kappa shape index (κ1) is 10.1. The fraction of sp³-hybridized carbons (Fsp3) is 0.222. The van der Waals surface area contributed by atoms with E-state index in [1.165, 1.54) is 12.1 Å². The van der Waals surface area contributed by atoms with Crippen LogP contribution < -0.4 is 5.73 Å². The lowest BCUT2D eigenvalue weighted by atomic mass is 10.1. The maximum absolute atomic E-state index is 13.1. The molecule has 70 valence electrons. The zero-order chi connectivity index (χ0) is 10.1. The van der Waals surface area contributed by atoms with Crippen molar-refractivity contribution in [1.82, 2.24) is 0 Å². The Morgan fingerprint density at radius 3 is 2.15 bits per heavy atom. The van der Waals surface area contributed by atoms with Crippen LogP contribution in [0.25, 0.3) is 0 Å². The first-order valence-electron chi connectivity index (χ1n) is 3.69. The fourth-order valence-corrected chi connectivity index (χ4v) is 1.02. The third kappa shape index (κ3) is 2.01. The number of nitrogens with two attached hydrogens (primary N) is 1. The van der Waals surface area contributed by atoms with Crippen LogP contribution in [-0.4, -0.2) is 4.99 Å². The van der Waals surface area contributed by atoms with Crippen LogP contribution in [0.4, 0.5) is 8.78 Å². The topological polar surface area (TPSA) is 26.0 Å². The Morgan fingerprint density at radius 2 is 1.77 bits per heavy atom. The van der Waals surface area contributed by atoms with E-state index >= 15 is 0 Å². The zero-order valence-corrected chi connectivity index (χ0v) is 7.87. The highest BCUT2D eigenvalue weighted by atomic mass is 32.1. The lowest BCUT2D eigenvalue weighted by Gasteiger charge is -2.14. The van der Waals surface area contributed by atoms with Gasteiger partial charge in [0.2, 0.25) is 0 Å². The van der Waals surface area contributed by atoms with Gasteiger partial charge in [0.1, 0.15) is 4.99 Å². The SMILES string of the molecule is Cc1ccc(C(F)(F)C(N)=S)cc1. The van der Waals surface area contributed by atoms with Crippen molar-refractivity contribution in [1.29, 1.82) is 0 Å². The lowest BCUT2D eigenvalue weighted by molar-refractivity contribution is 0.0776. The summed E-state index contributed by atoms with van der Waals surface area (Å²) in [4.78, 5) is -0.795. The summed E-state index contributed by atoms with van der Waals surface area (Å²) >= 11 is 4.27. The van der Waals surface area contributed by atoms with E-state index in [9.17, 15) is 8.78 Å². The number of benzene rings is 1. The van der Waals surface area contributed by atoms with E-state index < -0.39 is 10.9 Å². The largest absolute Gasteiger partial charge is 0.388 e. The summed E-state index contributed by atoms with van der Waals surface area (Å²) in [6.45, 7) is 1.82. The van der Waals surface area contributed by atoms with Gasteiger partial charge in [0.05, 0.1) is 0 Å². The van der Waals surface area contributed by atoms with Crippen LogP contribution in [0, 0.1) is 6.92 Å². The number of alkyl halides is 2. The van der Waals surface area contributed by atoms with Gasteiger partial charge in [-0.2, -0.15) is 8.78 Å². The monoisotopic (exact) mass is 201 g/mol. The quantitative estimate of drug-likeness (QED) is 0.743. The van der Waals surface area contributed by atoms with Crippen LogP contribution in [0.15, 0.2) is 24.3 Å². The average Bonchev–Trinajstić information content (AvgIpc) is 2.04. The summed E-state index contributed by atoms with van der Waals surface area (Å²) in [6.07, 6.45) is 0. The van der Waals surface area contributed by atoms with Crippen molar-refractivity contribution >= 4 is 17.2 Å². The van der Waals surface area contributed by atoms with E-state index in [0.29, 0.717) is 0 Å². The van der Waals surface area contributed by atoms with E-state index in [-0.39, 0.29) is 5.56 Å². The maximum atomic E-state index is 13.1. The number of thiocarbonyl (C=S) groups is 1. The summed E-state index contributed by atoms with van der Waals surface area (Å²) in [7, 11) is 0. The molecule has 0 aromatic heterocycles. The Balaban J connectivity index is 3.08. The molecule has 0 saturated carbocycles. The molecule has 0 aliphatic rings. The summed E-state index contributed by atoms with van der Waals surface area (Å²) < 4.78 is 26.3. The second-order valence-electron chi connectivity index (χ2n) is 2.80. The minimum absolute atomic E-state index is 0.161. The van der Waals surface area contributed by atoms with E-state index in [1.807, 2.05) is 6.92 Å². The van der Waals surface area contributed by atoms with Gasteiger partial charge >= 0.3 is 5.92 Å². The molecule has 0 radical (unpaired) electrons. The number of rotatable bonds is 2. The molecule has 0 amide bonds. The van der Waals surface area contributed by atoms with Crippen LogP contribution in [-0.2, 0) is 5.92 Å². The molecule has 13 heavy (non-hydrogen) atoms. The normalized spacial score (nSPS) is 11.3. The molecule has 2 N–H and O–H groups in total. The number of hydrogen-bond donors (Lipinski definition) is 1. The molecule has 1 aromatic carbocycles. The summed E-state index contributed by atoms with van der Waals surface area (Å²) in [5.74, 6) is -3.21. The van der Waals surface area contributed by atoms with Gasteiger partial charge in [-0.15, -0.1) is 0 Å². The Labute approximate surface area is 80.6 Å². The highest BCUT2D eigenvalue weighted by Gasteiger charge is 2.34. The predicted octanol–water partition coefficient (Wildman–Crippen LogP) is 2.37. The highest BCUT2D eigenvalue weighted by molar-refractivity contribution is 7.80. The van der Waals surface area contributed by atoms with E-state index in [0.717, 1.165) is 5.56 Å². The van der Waals surface area contributed by atoms with Gasteiger partial charge in [-0.1, -0.05) is 42.0 Å². The smallest absolute Gasteiger partial charge is 0.322 e. The van der Waals surface area contributed by atoms with E-state index in [1.54, 1.807) is 12.1 Å². The number of hydrogen-bond acceptors (Lipinski definition) is 1. The minimum Gasteiger partial charge on any atom is -0.388 e. The summed E-state index contributed by atoms with van der Waals surface area (Å²) in [5.41, 5.74) is 5.68. The molecule has 0 spiro atoms. The van der Waals surface area contributed by atoms with Gasteiger partial charge in [0, 0.05) is 5.56 Å². The molecule has 1 rings (SSSR count). The Bertz CT molecular complexity index is 319. The molecule has 0 saturated heterocycles. The second-order valence-corrected chi connectivity index (χ2v) is 3.24. The summed E-state index contributed by atoms with van der Waals surface area (Å²) in [5, 5.41) is 0. The molecule has 0 aliphatic carbocycles. The van der Waals surface area contributed by atoms with Crippen molar-refractivity contribution in [3.63, 3.8) is 0 Å². The fourth-order valence-electron chi connectivity index (χ4n) is 0.905. The third-order valence-corrected chi connectivity index (χ3v) is 1.98. The molecule has 0 bridgehead atoms. The van der Waals surface area contributed by atoms with Crippen LogP contribution >= 0.6 is 12.2 Å². The Morgan fingerprint density at radius 1 is 1.31 bits per heavy atom. The Hall–Kier alpha value is -1.03. The average molecular weight is 201 g/mol. The van der Waals surface area contributed by atoms with Crippen molar-refractivity contribution < 1.29 is 8.78 Å². The van der Waals surface area contributed by atoms with Gasteiger partial charge in [0.15, 0.2) is 0 Å². The predicted molar refractivity (Wildman–Crippen MR) is 51.9 cm³/mol. The first-order chi connectivity index (χ1) is 5.94. The second kappa shape index (κ2) is 3.38. The van der Waals surface area contributed by atoms with Gasteiger partial charge < -0.3 is 5.73 Å². The van der Waals surface area contributed by atoms with Crippen LogP contribution in [0.2, 0.25) is 0 Å². The zero-order valence-electron chi connectivity index (χ0n) is 7.05. The molecule has 0 aliphatic heterocycles. The van der Waals surface area contributed by atoms with Crippen molar-refractivity contribution in [3.05, 3.63) is 35.4 Å². The Kier molecular flexibility index (Phi) is 2.61. The first-order valence-corrected chi connectivity index (χ1v) is 4.10. The minimum atomic E-state index is -3.21. The lowest BCUT2D eigenvalue weighted by Crippen LogP contribution is -2.31. The van der Waals surface area contributed by atoms with Crippen molar-refractivity contribution in [2.75, 3.05) is 0 Å². The molecule has 0 heterocycles. The number of halogens is 2. The molecule has 1 aromatic rings. The third-order valence-electron chi connectivity index (χ3n) is 1.72. The van der Waals surface area contributed by atoms with Gasteiger partial charge in [0.25, 0.3) is 0 Å². The van der Waals surface area contributed by atoms with E-state index in [4.69, 9.17) is 5.73 Å². The van der Waals surface area contributed by atoms with Crippen LogP contribution in [0.5, 0.6) is 0 Å². The molecule has 0 fully saturated rings. The van der Waals surface area contributed by atoms with Crippen molar-refractivity contribution in [2.45, 2.75) is 12.8 Å². The van der Waals surface area contributed by atoms with Crippen molar-refractivity contribution in [3.8, 4) is 0 Å². The van der Waals surface area contributed by atoms with Gasteiger partial charge in [-0.3, -0.25) is 0 Å². The van der Waals surface area contributed by atoms with Crippen molar-refractivity contribution in [2.24, 2.45) is 5.73 Å².